The molecule has 0 saturated carbocycles. The molecule has 1 heterocycles. The number of hydrogen-bond acceptors (Lipinski definition) is 3. The zero-order valence-corrected chi connectivity index (χ0v) is 12.3. The first kappa shape index (κ1) is 16.9. The molecule has 1 saturated heterocycles. The molecule has 1 fully saturated rings. The van der Waals surface area contributed by atoms with Gasteiger partial charge in [0.1, 0.15) is 11.4 Å². The standard InChI is InChI=1S/C16H14F4N2O/c1-3-12(21-2)7-8-15(17)10-22(11-15)13-5-4-6-14(9-13)23-16(18,19)20/h3-6,9H,2,10-11H2,1H3. The van der Waals surface area contributed by atoms with Crippen molar-refractivity contribution >= 4 is 12.4 Å². The molecule has 0 amide bonds. The molecule has 0 aromatic heterocycles. The van der Waals surface area contributed by atoms with Crippen molar-refractivity contribution in [2.45, 2.75) is 19.0 Å². The lowest BCUT2D eigenvalue weighted by molar-refractivity contribution is -0.274. The van der Waals surface area contributed by atoms with Crippen LogP contribution in [0.15, 0.2) is 41.0 Å². The predicted octanol–water partition coefficient (Wildman–Crippen LogP) is 3.72. The van der Waals surface area contributed by atoms with E-state index in [1.54, 1.807) is 24.0 Å². The maximum atomic E-state index is 14.3. The highest BCUT2D eigenvalue weighted by atomic mass is 19.4. The lowest BCUT2D eigenvalue weighted by Crippen LogP contribution is -2.58. The molecule has 3 nitrogen and oxygen atoms in total. The fourth-order valence-corrected chi connectivity index (χ4v) is 2.08. The maximum absolute atomic E-state index is 14.3. The smallest absolute Gasteiger partial charge is 0.406 e. The molecule has 7 heteroatoms. The number of halogens is 4. The van der Waals surface area contributed by atoms with Crippen molar-refractivity contribution in [1.82, 2.24) is 0 Å². The van der Waals surface area contributed by atoms with Crippen molar-refractivity contribution in [3.8, 4) is 17.6 Å². The number of allylic oxidation sites excluding steroid dienone is 2. The third kappa shape index (κ3) is 4.49. The first-order valence-electron chi connectivity index (χ1n) is 6.70. The number of rotatable bonds is 3. The summed E-state index contributed by atoms with van der Waals surface area (Å²) in [6.45, 7) is 4.95. The zero-order chi connectivity index (χ0) is 17.1. The van der Waals surface area contributed by atoms with Crippen LogP contribution < -0.4 is 9.64 Å². The van der Waals surface area contributed by atoms with Crippen LogP contribution in [0.2, 0.25) is 0 Å². The second-order valence-corrected chi connectivity index (χ2v) is 4.95. The molecular formula is C16H14F4N2O. The summed E-state index contributed by atoms with van der Waals surface area (Å²) in [6, 6.07) is 5.40. The highest BCUT2D eigenvalue weighted by molar-refractivity contribution is 5.56. The van der Waals surface area contributed by atoms with E-state index >= 15 is 0 Å². The van der Waals surface area contributed by atoms with Crippen LogP contribution in [-0.2, 0) is 0 Å². The molecule has 0 bridgehead atoms. The van der Waals surface area contributed by atoms with Gasteiger partial charge in [-0.1, -0.05) is 18.1 Å². The van der Waals surface area contributed by atoms with Gasteiger partial charge in [0, 0.05) is 11.8 Å². The topological polar surface area (TPSA) is 24.8 Å². The molecule has 1 aromatic carbocycles. The molecule has 0 radical (unpaired) electrons. The van der Waals surface area contributed by atoms with Gasteiger partial charge in [-0.05, 0) is 31.7 Å². The largest absolute Gasteiger partial charge is 0.573 e. The van der Waals surface area contributed by atoms with Crippen molar-refractivity contribution in [2.75, 3.05) is 18.0 Å². The van der Waals surface area contributed by atoms with Crippen LogP contribution >= 0.6 is 0 Å². The summed E-state index contributed by atoms with van der Waals surface area (Å²) in [6.07, 6.45) is -3.15. The molecule has 0 unspecified atom stereocenters. The Morgan fingerprint density at radius 1 is 1.43 bits per heavy atom. The summed E-state index contributed by atoms with van der Waals surface area (Å²) in [5.41, 5.74) is -0.907. The minimum atomic E-state index is -4.76. The molecular weight excluding hydrogens is 312 g/mol. The van der Waals surface area contributed by atoms with E-state index in [0.717, 1.165) is 0 Å². The maximum Gasteiger partial charge on any atom is 0.573 e. The van der Waals surface area contributed by atoms with Crippen LogP contribution in [0.4, 0.5) is 23.2 Å². The Balaban J connectivity index is 2.04. The molecule has 1 aliphatic rings. The number of benzene rings is 1. The van der Waals surface area contributed by atoms with E-state index in [2.05, 4.69) is 28.3 Å². The van der Waals surface area contributed by atoms with E-state index in [1.165, 1.54) is 18.2 Å². The van der Waals surface area contributed by atoms with E-state index in [4.69, 9.17) is 0 Å². The Morgan fingerprint density at radius 2 is 2.13 bits per heavy atom. The second kappa shape index (κ2) is 6.32. The highest BCUT2D eigenvalue weighted by Crippen LogP contribution is 2.33. The minimum Gasteiger partial charge on any atom is -0.406 e. The summed E-state index contributed by atoms with van der Waals surface area (Å²) in [7, 11) is 0. The van der Waals surface area contributed by atoms with E-state index in [1.807, 2.05) is 0 Å². The van der Waals surface area contributed by atoms with Gasteiger partial charge in [0.2, 0.25) is 5.67 Å². The second-order valence-electron chi connectivity index (χ2n) is 4.95. The molecule has 0 atom stereocenters. The van der Waals surface area contributed by atoms with Crippen LogP contribution in [0.5, 0.6) is 5.75 Å². The van der Waals surface area contributed by atoms with E-state index in [9.17, 15) is 17.6 Å². The Bertz CT molecular complexity index is 679. The average molecular weight is 326 g/mol. The van der Waals surface area contributed by atoms with E-state index < -0.39 is 12.0 Å². The van der Waals surface area contributed by atoms with Gasteiger partial charge in [-0.25, -0.2) is 4.39 Å². The van der Waals surface area contributed by atoms with Gasteiger partial charge in [-0.3, -0.25) is 4.99 Å². The SMILES string of the molecule is C=NC(C#CC1(F)CN(c2cccc(OC(F)(F)F)c2)C1)=CC. The normalized spacial score (nSPS) is 16.9. The minimum absolute atomic E-state index is 0.0381. The summed E-state index contributed by atoms with van der Waals surface area (Å²) < 4.78 is 54.8. The molecule has 23 heavy (non-hydrogen) atoms. The van der Waals surface area contributed by atoms with Crippen molar-refractivity contribution in [2.24, 2.45) is 4.99 Å². The molecule has 0 N–H and O–H groups in total. The van der Waals surface area contributed by atoms with Crippen LogP contribution in [0.3, 0.4) is 0 Å². The van der Waals surface area contributed by atoms with E-state index in [-0.39, 0.29) is 18.8 Å². The summed E-state index contributed by atoms with van der Waals surface area (Å²) in [4.78, 5) is 5.20. The van der Waals surface area contributed by atoms with Crippen molar-refractivity contribution in [1.29, 1.82) is 0 Å². The lowest BCUT2D eigenvalue weighted by Gasteiger charge is -2.42. The van der Waals surface area contributed by atoms with E-state index in [0.29, 0.717) is 11.4 Å². The van der Waals surface area contributed by atoms with Crippen LogP contribution in [-0.4, -0.2) is 31.8 Å². The predicted molar refractivity (Wildman–Crippen MR) is 80.3 cm³/mol. The van der Waals surface area contributed by atoms with Gasteiger partial charge in [0.05, 0.1) is 13.1 Å². The third-order valence-corrected chi connectivity index (χ3v) is 3.16. The number of ether oxygens (including phenoxy) is 1. The first-order chi connectivity index (χ1) is 10.7. The molecule has 122 valence electrons. The van der Waals surface area contributed by atoms with Gasteiger partial charge in [-0.15, -0.1) is 13.2 Å². The molecule has 0 spiro atoms. The summed E-state index contributed by atoms with van der Waals surface area (Å²) in [5.74, 6) is 4.72. The number of anilines is 1. The van der Waals surface area contributed by atoms with Crippen LogP contribution in [0, 0.1) is 11.8 Å². The van der Waals surface area contributed by atoms with Crippen molar-refractivity contribution < 1.29 is 22.3 Å². The van der Waals surface area contributed by atoms with Gasteiger partial charge < -0.3 is 9.64 Å². The average Bonchev–Trinajstić information content (AvgIpc) is 2.44. The molecule has 0 aliphatic carbocycles. The summed E-state index contributed by atoms with van der Waals surface area (Å²) in [5, 5.41) is 0. The van der Waals surface area contributed by atoms with Gasteiger partial charge in [0.15, 0.2) is 0 Å². The van der Waals surface area contributed by atoms with Crippen LogP contribution in [0.1, 0.15) is 6.92 Å². The van der Waals surface area contributed by atoms with Gasteiger partial charge in [0.25, 0.3) is 0 Å². The fraction of sp³-hybridized carbons (Fsp3) is 0.312. The number of alkyl halides is 4. The molecule has 1 aromatic rings. The molecule has 2 rings (SSSR count). The lowest BCUT2D eigenvalue weighted by atomic mass is 9.96. The number of nitrogens with zero attached hydrogens (tertiary/aromatic N) is 2. The number of aliphatic imine (C=N–C) groups is 1. The van der Waals surface area contributed by atoms with Crippen molar-refractivity contribution in [3.63, 3.8) is 0 Å². The fourth-order valence-electron chi connectivity index (χ4n) is 2.08. The molecule has 1 aliphatic heterocycles. The highest BCUT2D eigenvalue weighted by Gasteiger charge is 2.42. The first-order valence-corrected chi connectivity index (χ1v) is 6.70. The Labute approximate surface area is 131 Å². The van der Waals surface area contributed by atoms with Crippen molar-refractivity contribution in [3.05, 3.63) is 36.0 Å². The third-order valence-electron chi connectivity index (χ3n) is 3.16. The van der Waals surface area contributed by atoms with Crippen LogP contribution in [0.25, 0.3) is 0 Å². The monoisotopic (exact) mass is 326 g/mol. The van der Waals surface area contributed by atoms with Gasteiger partial charge >= 0.3 is 6.36 Å². The Hall–Kier alpha value is -2.49. The Morgan fingerprint density at radius 3 is 2.70 bits per heavy atom. The zero-order valence-electron chi connectivity index (χ0n) is 12.3. The summed E-state index contributed by atoms with van der Waals surface area (Å²) >= 11 is 0. The quantitative estimate of drug-likeness (QED) is 0.480. The van der Waals surface area contributed by atoms with Gasteiger partial charge in [-0.2, -0.15) is 0 Å². The number of hydrogen-bond donors (Lipinski definition) is 0. The Kier molecular flexibility index (Phi) is 4.64.